The highest BCUT2D eigenvalue weighted by molar-refractivity contribution is 6.06. The number of Topliss-reactive ketones (excluding diaryl/α,β-unsaturated/α-hetero) is 1. The van der Waals surface area contributed by atoms with E-state index in [4.69, 9.17) is 4.42 Å². The number of benzene rings is 2. The number of carbonyl (C=O) groups is 2. The Labute approximate surface area is 231 Å². The molecule has 0 saturated carbocycles. The lowest BCUT2D eigenvalue weighted by atomic mass is 9.79. The normalized spacial score (nSPS) is 18.7. The average Bonchev–Trinajstić information content (AvgIpc) is 3.43. The van der Waals surface area contributed by atoms with Gasteiger partial charge in [-0.15, -0.1) is 0 Å². The molecule has 6 nitrogen and oxygen atoms in total. The van der Waals surface area contributed by atoms with E-state index in [-0.39, 0.29) is 17.6 Å². The lowest BCUT2D eigenvalue weighted by Gasteiger charge is -2.34. The number of amides is 1. The lowest BCUT2D eigenvalue weighted by Crippen LogP contribution is -2.38. The van der Waals surface area contributed by atoms with Gasteiger partial charge in [0.1, 0.15) is 11.8 Å². The molecule has 204 valence electrons. The first-order valence-electron chi connectivity index (χ1n) is 14.4. The maximum absolute atomic E-state index is 14.0. The lowest BCUT2D eigenvalue weighted by molar-refractivity contribution is -0.119. The Morgan fingerprint density at radius 3 is 2.44 bits per heavy atom. The molecule has 1 amide bonds. The molecular weight excluding hydrogens is 486 g/mol. The summed E-state index contributed by atoms with van der Waals surface area (Å²) in [6.07, 6.45) is 5.98. The van der Waals surface area contributed by atoms with Crippen LogP contribution in [-0.2, 0) is 9.59 Å². The van der Waals surface area contributed by atoms with E-state index in [0.29, 0.717) is 30.6 Å². The van der Waals surface area contributed by atoms with Crippen molar-refractivity contribution in [3.8, 4) is 0 Å². The minimum absolute atomic E-state index is 0.00904. The molecule has 39 heavy (non-hydrogen) atoms. The van der Waals surface area contributed by atoms with Crippen molar-refractivity contribution in [2.45, 2.75) is 71.3 Å². The van der Waals surface area contributed by atoms with Crippen LogP contribution in [0.1, 0.15) is 82.6 Å². The van der Waals surface area contributed by atoms with Gasteiger partial charge in [0, 0.05) is 42.9 Å². The van der Waals surface area contributed by atoms with Crippen molar-refractivity contribution < 1.29 is 14.0 Å². The number of nitrogens with one attached hydrogen (secondary N) is 1. The topological polar surface area (TPSA) is 65.8 Å². The predicted octanol–water partition coefficient (Wildman–Crippen LogP) is 7.61. The van der Waals surface area contributed by atoms with Crippen LogP contribution in [0, 0.1) is 0 Å². The third-order valence-electron chi connectivity index (χ3n) is 8.06. The number of furan rings is 1. The molecule has 0 spiro atoms. The molecule has 0 fully saturated rings. The number of ketones is 1. The Kier molecular flexibility index (Phi) is 8.20. The molecule has 1 aliphatic carbocycles. The fraction of sp³-hybridized carbons (Fsp3) is 0.394. The molecule has 0 saturated heterocycles. The zero-order chi connectivity index (χ0) is 27.4. The SMILES string of the molecule is CCCCCC(=O)N1c2ccccc2NC2=C(C(=O)C[C@@H](c3ccc(N(CC)CC)cc3)C2)[C@H]1c1ccco1. The van der Waals surface area contributed by atoms with Crippen molar-refractivity contribution in [2.75, 3.05) is 28.2 Å². The van der Waals surface area contributed by atoms with E-state index in [0.717, 1.165) is 55.0 Å². The number of hydrogen-bond acceptors (Lipinski definition) is 5. The van der Waals surface area contributed by atoms with Crippen molar-refractivity contribution in [3.63, 3.8) is 0 Å². The van der Waals surface area contributed by atoms with Crippen molar-refractivity contribution >= 4 is 28.8 Å². The first kappa shape index (κ1) is 26.8. The molecule has 3 aromatic rings. The third kappa shape index (κ3) is 5.38. The molecule has 1 N–H and O–H groups in total. The van der Waals surface area contributed by atoms with Gasteiger partial charge in [0.15, 0.2) is 5.78 Å². The molecule has 1 aliphatic heterocycles. The first-order valence-corrected chi connectivity index (χ1v) is 14.4. The Bertz CT molecular complexity index is 1320. The van der Waals surface area contributed by atoms with Crippen molar-refractivity contribution in [1.82, 2.24) is 0 Å². The Hall–Kier alpha value is -3.80. The summed E-state index contributed by atoms with van der Waals surface area (Å²) < 4.78 is 5.90. The second kappa shape index (κ2) is 11.9. The van der Waals surface area contributed by atoms with Gasteiger partial charge in [0.05, 0.1) is 17.6 Å². The highest BCUT2D eigenvalue weighted by Crippen LogP contribution is 2.47. The van der Waals surface area contributed by atoms with Crippen molar-refractivity contribution in [1.29, 1.82) is 0 Å². The largest absolute Gasteiger partial charge is 0.467 e. The molecule has 2 aromatic carbocycles. The minimum Gasteiger partial charge on any atom is -0.467 e. The summed E-state index contributed by atoms with van der Waals surface area (Å²) in [7, 11) is 0. The third-order valence-corrected chi connectivity index (χ3v) is 8.06. The standard InChI is InChI=1S/C33H39N3O3/c1-4-7-8-15-31(38)36-28-13-10-9-12-26(28)34-27-21-24(23-16-18-25(19-17-23)35(5-2)6-3)22-29(37)32(27)33(36)30-14-11-20-39-30/h9-14,16-20,24,33-34H,4-8,15,21-22H2,1-3H3/t24-,33+/m0/s1. The number of nitrogens with zero attached hydrogens (tertiary/aromatic N) is 2. The van der Waals surface area contributed by atoms with E-state index in [1.54, 1.807) is 11.2 Å². The number of carbonyl (C=O) groups excluding carboxylic acids is 2. The minimum atomic E-state index is -0.598. The fourth-order valence-electron chi connectivity index (χ4n) is 6.01. The summed E-state index contributed by atoms with van der Waals surface area (Å²) in [6.45, 7) is 8.37. The van der Waals surface area contributed by atoms with Crippen molar-refractivity contribution in [2.24, 2.45) is 0 Å². The van der Waals surface area contributed by atoms with E-state index < -0.39 is 6.04 Å². The molecule has 0 radical (unpaired) electrons. The van der Waals surface area contributed by atoms with Crippen LogP contribution >= 0.6 is 0 Å². The van der Waals surface area contributed by atoms with Gasteiger partial charge in [-0.2, -0.15) is 0 Å². The molecule has 0 bridgehead atoms. The summed E-state index contributed by atoms with van der Waals surface area (Å²) in [5.41, 5.74) is 5.49. The molecular formula is C33H39N3O3. The molecule has 0 unspecified atom stereocenters. The van der Waals surface area contributed by atoms with Crippen LogP contribution < -0.4 is 15.1 Å². The molecule has 2 atom stereocenters. The number of anilines is 3. The van der Waals surface area contributed by atoms with E-state index in [1.165, 1.54) is 5.69 Å². The van der Waals surface area contributed by atoms with E-state index in [9.17, 15) is 9.59 Å². The first-order chi connectivity index (χ1) is 19.0. The number of rotatable bonds is 9. The number of hydrogen-bond donors (Lipinski definition) is 1. The van der Waals surface area contributed by atoms with Crippen LogP contribution in [-0.4, -0.2) is 24.8 Å². The maximum atomic E-state index is 14.0. The van der Waals surface area contributed by atoms with Gasteiger partial charge in [-0.3, -0.25) is 14.5 Å². The van der Waals surface area contributed by atoms with Gasteiger partial charge in [-0.25, -0.2) is 0 Å². The van der Waals surface area contributed by atoms with Crippen LogP contribution in [0.3, 0.4) is 0 Å². The Morgan fingerprint density at radius 2 is 1.74 bits per heavy atom. The van der Waals surface area contributed by atoms with Crippen LogP contribution in [0.5, 0.6) is 0 Å². The van der Waals surface area contributed by atoms with Gasteiger partial charge < -0.3 is 14.6 Å². The summed E-state index contributed by atoms with van der Waals surface area (Å²) in [5.74, 6) is 0.739. The molecule has 2 heterocycles. The highest BCUT2D eigenvalue weighted by Gasteiger charge is 2.42. The molecule has 5 rings (SSSR count). The number of unbranched alkanes of at least 4 members (excludes halogenated alkanes) is 2. The predicted molar refractivity (Wildman–Crippen MR) is 157 cm³/mol. The average molecular weight is 526 g/mol. The van der Waals surface area contributed by atoms with E-state index in [1.807, 2.05) is 36.4 Å². The van der Waals surface area contributed by atoms with Crippen LogP contribution in [0.25, 0.3) is 0 Å². The van der Waals surface area contributed by atoms with Gasteiger partial charge in [-0.1, -0.05) is 44.0 Å². The Morgan fingerprint density at radius 1 is 0.974 bits per heavy atom. The quantitative estimate of drug-likeness (QED) is 0.291. The van der Waals surface area contributed by atoms with E-state index >= 15 is 0 Å². The second-order valence-electron chi connectivity index (χ2n) is 10.5. The second-order valence-corrected chi connectivity index (χ2v) is 10.5. The highest BCUT2D eigenvalue weighted by atomic mass is 16.3. The van der Waals surface area contributed by atoms with Gasteiger partial charge in [0.2, 0.25) is 5.91 Å². The van der Waals surface area contributed by atoms with Crippen LogP contribution in [0.15, 0.2) is 82.6 Å². The maximum Gasteiger partial charge on any atom is 0.228 e. The number of allylic oxidation sites excluding steroid dienone is 1. The summed E-state index contributed by atoms with van der Waals surface area (Å²) in [4.78, 5) is 32.0. The summed E-state index contributed by atoms with van der Waals surface area (Å²) >= 11 is 0. The van der Waals surface area contributed by atoms with Crippen molar-refractivity contribution in [3.05, 3.63) is 89.5 Å². The molecule has 6 heteroatoms. The van der Waals surface area contributed by atoms with Gasteiger partial charge in [-0.05, 0) is 74.6 Å². The Balaban J connectivity index is 1.55. The zero-order valence-electron chi connectivity index (χ0n) is 23.3. The number of fused-ring (bicyclic) bond motifs is 1. The van der Waals surface area contributed by atoms with Gasteiger partial charge in [0.25, 0.3) is 0 Å². The number of para-hydroxylation sites is 2. The molecule has 2 aliphatic rings. The van der Waals surface area contributed by atoms with Gasteiger partial charge >= 0.3 is 0 Å². The zero-order valence-corrected chi connectivity index (χ0v) is 23.3. The fourth-order valence-corrected chi connectivity index (χ4v) is 6.01. The van der Waals surface area contributed by atoms with Crippen LogP contribution in [0.2, 0.25) is 0 Å². The monoisotopic (exact) mass is 525 g/mol. The van der Waals surface area contributed by atoms with E-state index in [2.05, 4.69) is 55.3 Å². The summed E-state index contributed by atoms with van der Waals surface area (Å²) in [6, 6.07) is 19.6. The molecule has 1 aromatic heterocycles. The smallest absolute Gasteiger partial charge is 0.228 e. The summed E-state index contributed by atoms with van der Waals surface area (Å²) in [5, 5.41) is 3.60. The van der Waals surface area contributed by atoms with Crippen LogP contribution in [0.4, 0.5) is 17.1 Å².